The van der Waals surface area contributed by atoms with Crippen LogP contribution in [0.4, 0.5) is 4.39 Å². The molecule has 0 nitrogen and oxygen atoms in total. The molecule has 0 atom stereocenters. The summed E-state index contributed by atoms with van der Waals surface area (Å²) >= 11 is 1.93. The third kappa shape index (κ3) is 1.80. The Hall–Kier alpha value is -0.380. The number of benzene rings is 1. The molecule has 0 saturated carbocycles. The number of hydrogen-bond acceptors (Lipinski definition) is 0. The van der Waals surface area contributed by atoms with Crippen LogP contribution in [0, 0.1) is 6.07 Å². The highest BCUT2D eigenvalue weighted by molar-refractivity contribution is 14.1. The molecule has 0 N–H and O–H groups in total. The summed E-state index contributed by atoms with van der Waals surface area (Å²) in [5.41, 5.74) is 0.797. The Kier molecular flexibility index (Phi) is 2.86. The van der Waals surface area contributed by atoms with Gasteiger partial charge in [-0.3, -0.25) is 0 Å². The van der Waals surface area contributed by atoms with Gasteiger partial charge in [0.05, 0.1) is 0 Å². The summed E-state index contributed by atoms with van der Waals surface area (Å²) in [5.74, 6) is 0. The third-order valence-electron chi connectivity index (χ3n) is 1.06. The molecular formula is C8H5FI. The molecule has 1 radical (unpaired) electrons. The smallest absolute Gasteiger partial charge is 0.101 e. The van der Waals surface area contributed by atoms with E-state index < -0.39 is 0 Å². The fourth-order valence-electron chi connectivity index (χ4n) is 0.601. The Balaban J connectivity index is 2.96. The van der Waals surface area contributed by atoms with Crippen LogP contribution in [0.1, 0.15) is 5.56 Å². The standard InChI is InChI=1S/C8H5FI/c9-6-8(10)7-4-2-1-3-5-7/h1-4,6H. The lowest BCUT2D eigenvalue weighted by atomic mass is 10.2. The van der Waals surface area contributed by atoms with Gasteiger partial charge in [0.2, 0.25) is 0 Å². The van der Waals surface area contributed by atoms with Gasteiger partial charge < -0.3 is 0 Å². The first-order valence-corrected chi connectivity index (χ1v) is 3.85. The average Bonchev–Trinajstić information content (AvgIpc) is 2.05. The van der Waals surface area contributed by atoms with E-state index in [1.54, 1.807) is 6.07 Å². The summed E-state index contributed by atoms with van der Waals surface area (Å²) in [6.07, 6.45) is 0.576. The van der Waals surface area contributed by atoms with E-state index in [-0.39, 0.29) is 0 Å². The molecule has 0 fully saturated rings. The van der Waals surface area contributed by atoms with Crippen molar-refractivity contribution >= 4 is 26.2 Å². The van der Waals surface area contributed by atoms with E-state index in [0.717, 1.165) is 5.56 Å². The molecule has 0 unspecified atom stereocenters. The average molecular weight is 247 g/mol. The van der Waals surface area contributed by atoms with Gasteiger partial charge in [-0.05, 0) is 34.2 Å². The van der Waals surface area contributed by atoms with Crippen LogP contribution in [-0.2, 0) is 0 Å². The summed E-state index contributed by atoms with van der Waals surface area (Å²) < 4.78 is 12.5. The molecule has 51 valence electrons. The lowest BCUT2D eigenvalue weighted by molar-refractivity contribution is 0.727. The van der Waals surface area contributed by atoms with E-state index in [1.165, 1.54) is 0 Å². The van der Waals surface area contributed by atoms with E-state index >= 15 is 0 Å². The number of hydrogen-bond donors (Lipinski definition) is 0. The Bertz CT molecular complexity index is 228. The summed E-state index contributed by atoms with van der Waals surface area (Å²) in [6.45, 7) is 0. The Morgan fingerprint density at radius 1 is 1.60 bits per heavy atom. The van der Waals surface area contributed by atoms with E-state index in [9.17, 15) is 4.39 Å². The lowest BCUT2D eigenvalue weighted by Gasteiger charge is -1.92. The van der Waals surface area contributed by atoms with E-state index in [1.807, 2.05) is 40.8 Å². The topological polar surface area (TPSA) is 0 Å². The van der Waals surface area contributed by atoms with Crippen LogP contribution in [0.2, 0.25) is 0 Å². The van der Waals surface area contributed by atoms with Crippen LogP contribution in [0.25, 0.3) is 3.58 Å². The van der Waals surface area contributed by atoms with Crippen LogP contribution in [0.5, 0.6) is 0 Å². The zero-order valence-corrected chi connectivity index (χ0v) is 7.30. The van der Waals surface area contributed by atoms with Crippen LogP contribution < -0.4 is 0 Å². The maximum absolute atomic E-state index is 11.9. The van der Waals surface area contributed by atoms with Crippen molar-refractivity contribution in [2.24, 2.45) is 0 Å². The molecule has 10 heavy (non-hydrogen) atoms. The van der Waals surface area contributed by atoms with Gasteiger partial charge in [-0.25, -0.2) is 4.39 Å². The summed E-state index contributed by atoms with van der Waals surface area (Å²) in [7, 11) is 0. The van der Waals surface area contributed by atoms with Crippen molar-refractivity contribution in [3.8, 4) is 0 Å². The molecule has 0 aliphatic rings. The number of rotatable bonds is 1. The van der Waals surface area contributed by atoms with Gasteiger partial charge in [0.25, 0.3) is 0 Å². The molecular weight excluding hydrogens is 242 g/mol. The third-order valence-corrected chi connectivity index (χ3v) is 1.88. The Morgan fingerprint density at radius 2 is 2.40 bits per heavy atom. The zero-order chi connectivity index (χ0) is 7.40. The Labute approximate surface area is 72.9 Å². The quantitative estimate of drug-likeness (QED) is 0.668. The van der Waals surface area contributed by atoms with Gasteiger partial charge in [0, 0.05) is 3.58 Å². The molecule has 0 aliphatic carbocycles. The van der Waals surface area contributed by atoms with E-state index in [0.29, 0.717) is 9.91 Å². The molecule has 0 aromatic heterocycles. The first-order chi connectivity index (χ1) is 4.84. The van der Waals surface area contributed by atoms with Crippen LogP contribution in [0.15, 0.2) is 30.6 Å². The van der Waals surface area contributed by atoms with Crippen LogP contribution in [0.3, 0.4) is 0 Å². The fraction of sp³-hybridized carbons (Fsp3) is 0. The fourth-order valence-corrected chi connectivity index (χ4v) is 0.936. The largest absolute Gasteiger partial charge is 0.214 e. The molecule has 0 saturated heterocycles. The zero-order valence-electron chi connectivity index (χ0n) is 5.14. The molecule has 0 heterocycles. The van der Waals surface area contributed by atoms with Gasteiger partial charge in [0.15, 0.2) is 0 Å². The minimum Gasteiger partial charge on any atom is -0.214 e. The molecule has 0 bridgehead atoms. The number of halogens is 2. The molecule has 1 aromatic carbocycles. The monoisotopic (exact) mass is 247 g/mol. The van der Waals surface area contributed by atoms with Gasteiger partial charge in [-0.15, -0.1) is 0 Å². The van der Waals surface area contributed by atoms with Crippen molar-refractivity contribution < 1.29 is 4.39 Å². The van der Waals surface area contributed by atoms with Crippen molar-refractivity contribution in [1.29, 1.82) is 0 Å². The molecule has 1 rings (SSSR count). The van der Waals surface area contributed by atoms with Crippen molar-refractivity contribution in [2.45, 2.75) is 0 Å². The van der Waals surface area contributed by atoms with Crippen LogP contribution in [-0.4, -0.2) is 0 Å². The molecule has 2 heteroatoms. The minimum atomic E-state index is 0.576. The lowest BCUT2D eigenvalue weighted by Crippen LogP contribution is -1.72. The molecule has 0 aliphatic heterocycles. The summed E-state index contributed by atoms with van der Waals surface area (Å²) in [5, 5.41) is 0. The first-order valence-electron chi connectivity index (χ1n) is 2.77. The highest BCUT2D eigenvalue weighted by Gasteiger charge is 1.93. The summed E-state index contributed by atoms with van der Waals surface area (Å²) in [6, 6.07) is 10.2. The van der Waals surface area contributed by atoms with E-state index in [2.05, 4.69) is 6.07 Å². The molecule has 1 aromatic rings. The molecule has 0 amide bonds. The minimum absolute atomic E-state index is 0.576. The van der Waals surface area contributed by atoms with Gasteiger partial charge in [-0.1, -0.05) is 24.3 Å². The maximum Gasteiger partial charge on any atom is 0.101 e. The predicted octanol–water partition coefficient (Wildman–Crippen LogP) is 3.19. The second-order valence-corrected chi connectivity index (χ2v) is 2.90. The summed E-state index contributed by atoms with van der Waals surface area (Å²) in [4.78, 5) is 0. The van der Waals surface area contributed by atoms with Gasteiger partial charge >= 0.3 is 0 Å². The van der Waals surface area contributed by atoms with Gasteiger partial charge in [-0.2, -0.15) is 0 Å². The SMILES string of the molecule is FC=C(I)c1[c]cccc1. The predicted molar refractivity (Wildman–Crippen MR) is 48.4 cm³/mol. The van der Waals surface area contributed by atoms with Crippen molar-refractivity contribution in [3.05, 3.63) is 42.2 Å². The molecule has 0 spiro atoms. The second kappa shape index (κ2) is 3.71. The highest BCUT2D eigenvalue weighted by atomic mass is 127. The van der Waals surface area contributed by atoms with E-state index in [4.69, 9.17) is 0 Å². The van der Waals surface area contributed by atoms with Gasteiger partial charge in [0.1, 0.15) is 6.33 Å². The van der Waals surface area contributed by atoms with Crippen molar-refractivity contribution in [2.75, 3.05) is 0 Å². The van der Waals surface area contributed by atoms with Crippen LogP contribution >= 0.6 is 22.6 Å². The van der Waals surface area contributed by atoms with Crippen molar-refractivity contribution in [3.63, 3.8) is 0 Å². The normalized spacial score (nSPS) is 11.6. The maximum atomic E-state index is 11.9. The van der Waals surface area contributed by atoms with Crippen molar-refractivity contribution in [1.82, 2.24) is 0 Å². The Morgan fingerprint density at radius 3 is 2.90 bits per heavy atom. The first kappa shape index (κ1) is 7.72. The second-order valence-electron chi connectivity index (χ2n) is 1.73. The highest BCUT2D eigenvalue weighted by Crippen LogP contribution is 2.20.